The van der Waals surface area contributed by atoms with Gasteiger partial charge in [0.05, 0.1) is 16.7 Å². The van der Waals surface area contributed by atoms with Gasteiger partial charge >= 0.3 is 0 Å². The molecule has 59 heavy (non-hydrogen) atoms. The van der Waals surface area contributed by atoms with E-state index in [9.17, 15) is 0 Å². The number of aryl methyl sites for hydroxylation is 1. The zero-order valence-electron chi connectivity index (χ0n) is 33.2. The first-order chi connectivity index (χ1) is 29.0. The summed E-state index contributed by atoms with van der Waals surface area (Å²) < 4.78 is 9.52. The number of aromatic nitrogens is 1. The first kappa shape index (κ1) is 33.7. The van der Waals surface area contributed by atoms with Crippen molar-refractivity contribution in [2.45, 2.75) is 26.2 Å². The van der Waals surface area contributed by atoms with Gasteiger partial charge in [-0.1, -0.05) is 141 Å². The summed E-state index contributed by atoms with van der Waals surface area (Å²) in [6.45, 7) is 6.98. The number of hydrogen-bond donors (Lipinski definition) is 0. The number of hydrogen-bond acceptors (Lipinski definition) is 2. The predicted octanol–water partition coefficient (Wildman–Crippen LogP) is 15.6. The lowest BCUT2D eigenvalue weighted by molar-refractivity contribution is 0.657. The Morgan fingerprint density at radius 3 is 2.00 bits per heavy atom. The molecule has 2 aromatic heterocycles. The van der Waals surface area contributed by atoms with Gasteiger partial charge in [0.1, 0.15) is 5.58 Å². The van der Waals surface area contributed by atoms with Crippen LogP contribution in [-0.2, 0) is 5.41 Å². The number of para-hydroxylation sites is 3. The summed E-state index contributed by atoms with van der Waals surface area (Å²) in [6, 6.07) is 68.5. The molecule has 0 fully saturated rings. The topological polar surface area (TPSA) is 21.3 Å². The molecular formula is C56H40N2O. The van der Waals surface area contributed by atoms with Crippen LogP contribution in [0, 0.1) is 6.92 Å². The van der Waals surface area contributed by atoms with Crippen molar-refractivity contribution in [3.05, 3.63) is 205 Å². The van der Waals surface area contributed by atoms with Gasteiger partial charge in [-0.2, -0.15) is 0 Å². The fourth-order valence-corrected chi connectivity index (χ4v) is 10.1. The normalized spacial score (nSPS) is 13.1. The van der Waals surface area contributed by atoms with Gasteiger partial charge in [-0.05, 0) is 117 Å². The lowest BCUT2D eigenvalue weighted by Gasteiger charge is -2.29. The summed E-state index contributed by atoms with van der Waals surface area (Å²) in [5, 5.41) is 7.24. The van der Waals surface area contributed by atoms with E-state index in [2.05, 4.69) is 218 Å². The molecule has 0 saturated carbocycles. The summed E-state index contributed by atoms with van der Waals surface area (Å²) in [4.78, 5) is 2.45. The number of rotatable bonds is 5. The molecule has 0 radical (unpaired) electrons. The van der Waals surface area contributed by atoms with E-state index in [-0.39, 0.29) is 5.41 Å². The third kappa shape index (κ3) is 4.88. The number of furan rings is 1. The number of benzene rings is 9. The second kappa shape index (κ2) is 12.6. The van der Waals surface area contributed by atoms with E-state index in [1.54, 1.807) is 0 Å². The molecule has 0 bridgehead atoms. The number of nitrogens with zero attached hydrogens (tertiary/aromatic N) is 2. The SMILES string of the molecule is Cc1ccc(N(c2ccc3c(c2)c2ccccc2n3-c2ccccc2)c2cc3c(c4c2oc2ccccc24)-c2c(ccc4ccccc24)C3(C)C)cc1-c1ccccc1. The number of anilines is 3. The molecule has 0 atom stereocenters. The van der Waals surface area contributed by atoms with Gasteiger partial charge in [0.2, 0.25) is 0 Å². The Balaban J connectivity index is 1.20. The molecule has 3 heteroatoms. The molecule has 3 nitrogen and oxygen atoms in total. The lowest BCUT2D eigenvalue weighted by Crippen LogP contribution is -2.17. The van der Waals surface area contributed by atoms with Crippen molar-refractivity contribution in [3.63, 3.8) is 0 Å². The molecule has 12 rings (SSSR count). The van der Waals surface area contributed by atoms with E-state index < -0.39 is 0 Å². The van der Waals surface area contributed by atoms with Crippen LogP contribution < -0.4 is 4.90 Å². The van der Waals surface area contributed by atoms with Gasteiger partial charge in [-0.15, -0.1) is 0 Å². The van der Waals surface area contributed by atoms with Crippen LogP contribution in [0.4, 0.5) is 17.1 Å². The molecule has 9 aromatic carbocycles. The fraction of sp³-hybridized carbons (Fsp3) is 0.0714. The maximum atomic E-state index is 7.14. The van der Waals surface area contributed by atoms with Crippen molar-refractivity contribution in [1.82, 2.24) is 4.57 Å². The molecule has 11 aromatic rings. The Morgan fingerprint density at radius 2 is 1.17 bits per heavy atom. The van der Waals surface area contributed by atoms with Gasteiger partial charge in [-0.3, -0.25) is 0 Å². The average molecular weight is 757 g/mol. The molecule has 0 saturated heterocycles. The van der Waals surface area contributed by atoms with E-state index in [1.807, 2.05) is 0 Å². The van der Waals surface area contributed by atoms with Crippen LogP contribution in [0.3, 0.4) is 0 Å². The third-order valence-corrected chi connectivity index (χ3v) is 12.9. The highest BCUT2D eigenvalue weighted by Gasteiger charge is 2.40. The van der Waals surface area contributed by atoms with Crippen LogP contribution in [-0.4, -0.2) is 4.57 Å². The van der Waals surface area contributed by atoms with Crippen LogP contribution in [0.15, 0.2) is 192 Å². The van der Waals surface area contributed by atoms with Gasteiger partial charge in [-0.25, -0.2) is 0 Å². The second-order valence-corrected chi connectivity index (χ2v) is 16.5. The van der Waals surface area contributed by atoms with Crippen molar-refractivity contribution in [3.8, 4) is 27.9 Å². The Bertz CT molecular complexity index is 3480. The van der Waals surface area contributed by atoms with Gasteiger partial charge in [0, 0.05) is 44.0 Å². The highest BCUT2D eigenvalue weighted by atomic mass is 16.3. The molecule has 0 N–H and O–H groups in total. The minimum Gasteiger partial charge on any atom is -0.454 e. The van der Waals surface area contributed by atoms with Gasteiger partial charge in [0.15, 0.2) is 5.58 Å². The first-order valence-corrected chi connectivity index (χ1v) is 20.5. The van der Waals surface area contributed by atoms with E-state index in [1.165, 1.54) is 76.9 Å². The fourth-order valence-electron chi connectivity index (χ4n) is 10.1. The van der Waals surface area contributed by atoms with Gasteiger partial charge in [0.25, 0.3) is 0 Å². The van der Waals surface area contributed by atoms with Crippen LogP contribution in [0.2, 0.25) is 0 Å². The summed E-state index contributed by atoms with van der Waals surface area (Å²) in [5.74, 6) is 0. The molecule has 2 heterocycles. The second-order valence-electron chi connectivity index (χ2n) is 16.5. The maximum Gasteiger partial charge on any atom is 0.160 e. The predicted molar refractivity (Wildman–Crippen MR) is 248 cm³/mol. The average Bonchev–Trinajstić information content (AvgIpc) is 3.90. The van der Waals surface area contributed by atoms with Crippen molar-refractivity contribution >= 4 is 71.6 Å². The first-order valence-electron chi connectivity index (χ1n) is 20.5. The Hall–Kier alpha value is -7.36. The number of fused-ring (bicyclic) bond motifs is 12. The smallest absolute Gasteiger partial charge is 0.160 e. The zero-order chi connectivity index (χ0) is 39.4. The molecule has 0 amide bonds. The molecule has 1 aliphatic rings. The molecule has 0 aliphatic heterocycles. The minimum atomic E-state index is -0.267. The van der Waals surface area contributed by atoms with Crippen molar-refractivity contribution in [2.75, 3.05) is 4.90 Å². The van der Waals surface area contributed by atoms with Crippen LogP contribution >= 0.6 is 0 Å². The van der Waals surface area contributed by atoms with E-state index in [4.69, 9.17) is 4.42 Å². The highest BCUT2D eigenvalue weighted by Crippen LogP contribution is 2.58. The molecule has 1 aliphatic carbocycles. The maximum absolute atomic E-state index is 7.14. The van der Waals surface area contributed by atoms with E-state index in [0.29, 0.717) is 0 Å². The van der Waals surface area contributed by atoms with Crippen LogP contribution in [0.1, 0.15) is 30.5 Å². The largest absolute Gasteiger partial charge is 0.454 e. The Labute approximate surface area is 343 Å². The van der Waals surface area contributed by atoms with E-state index >= 15 is 0 Å². The standard InChI is InChI=1S/C56H40N2O/c1-35-26-28-39(32-44(35)36-16-6-4-7-17-36)57(40-29-31-49-45(33-40)42-22-12-14-24-48(42)58(49)38-19-8-5-9-20-38)50-34-47-54(53-43-23-13-15-25-51(43)59-55(50)53)52-41-21-11-10-18-37(41)27-30-46(52)56(47,2)3/h4-34H,1-3H3. The molecule has 0 unspecified atom stereocenters. The van der Waals surface area contributed by atoms with Crippen LogP contribution in [0.25, 0.3) is 82.5 Å². The molecular weight excluding hydrogens is 717 g/mol. The molecule has 280 valence electrons. The van der Waals surface area contributed by atoms with Crippen molar-refractivity contribution in [2.24, 2.45) is 0 Å². The summed E-state index contributed by atoms with van der Waals surface area (Å²) in [5.41, 5.74) is 17.0. The highest BCUT2D eigenvalue weighted by molar-refractivity contribution is 6.22. The monoisotopic (exact) mass is 756 g/mol. The molecule has 0 spiro atoms. The lowest BCUT2D eigenvalue weighted by atomic mass is 9.81. The Kier molecular flexibility index (Phi) is 7.19. The van der Waals surface area contributed by atoms with Crippen LogP contribution in [0.5, 0.6) is 0 Å². The Morgan fingerprint density at radius 1 is 0.508 bits per heavy atom. The van der Waals surface area contributed by atoms with Gasteiger partial charge < -0.3 is 13.9 Å². The third-order valence-electron chi connectivity index (χ3n) is 12.9. The minimum absolute atomic E-state index is 0.267. The van der Waals surface area contributed by atoms with Crippen molar-refractivity contribution in [1.29, 1.82) is 0 Å². The quantitative estimate of drug-likeness (QED) is 0.174. The summed E-state index contributed by atoms with van der Waals surface area (Å²) in [6.07, 6.45) is 0. The summed E-state index contributed by atoms with van der Waals surface area (Å²) >= 11 is 0. The summed E-state index contributed by atoms with van der Waals surface area (Å²) in [7, 11) is 0. The van der Waals surface area contributed by atoms with Crippen molar-refractivity contribution < 1.29 is 4.42 Å². The zero-order valence-corrected chi connectivity index (χ0v) is 33.2. The van der Waals surface area contributed by atoms with E-state index in [0.717, 1.165) is 39.3 Å².